The Morgan fingerprint density at radius 1 is 1.31 bits per heavy atom. The van der Waals surface area contributed by atoms with E-state index < -0.39 is 15.4 Å². The molecule has 0 spiro atoms. The Morgan fingerprint density at radius 2 is 1.94 bits per heavy atom. The van der Waals surface area contributed by atoms with E-state index in [2.05, 4.69) is 0 Å². The third kappa shape index (κ3) is 1.70. The monoisotopic (exact) mass is 246 g/mol. The fourth-order valence-corrected chi connectivity index (χ4v) is 6.04. The zero-order valence-electron chi connectivity index (χ0n) is 10.1. The maximum atomic E-state index is 12.2. The van der Waals surface area contributed by atoms with Gasteiger partial charge in [0, 0.05) is 5.92 Å². The lowest BCUT2D eigenvalue weighted by Gasteiger charge is -2.48. The van der Waals surface area contributed by atoms with Crippen LogP contribution in [0.1, 0.15) is 52.4 Å². The van der Waals surface area contributed by atoms with Crippen LogP contribution in [-0.2, 0) is 9.84 Å². The van der Waals surface area contributed by atoms with Crippen LogP contribution in [0.3, 0.4) is 0 Å². The Labute approximate surface area is 98.2 Å². The lowest BCUT2D eigenvalue weighted by molar-refractivity contribution is -0.0476. The Kier molecular flexibility index (Phi) is 3.08. The highest BCUT2D eigenvalue weighted by molar-refractivity contribution is 7.92. The highest BCUT2D eigenvalue weighted by Crippen LogP contribution is 2.46. The van der Waals surface area contributed by atoms with Crippen LogP contribution in [-0.4, -0.2) is 29.6 Å². The maximum Gasteiger partial charge on any atom is 0.156 e. The van der Waals surface area contributed by atoms with Gasteiger partial charge in [-0.15, -0.1) is 0 Å². The van der Waals surface area contributed by atoms with Crippen LogP contribution in [0.2, 0.25) is 0 Å². The average Bonchev–Trinajstić information content (AvgIpc) is 2.27. The molecule has 2 aliphatic rings. The van der Waals surface area contributed by atoms with Gasteiger partial charge in [0.15, 0.2) is 9.84 Å². The molecule has 2 rings (SSSR count). The predicted octanol–water partition coefficient (Wildman–Crippen LogP) is 1.89. The van der Waals surface area contributed by atoms with Crippen LogP contribution in [0, 0.1) is 5.92 Å². The summed E-state index contributed by atoms with van der Waals surface area (Å²) in [6.07, 6.45) is 4.78. The predicted molar refractivity (Wildman–Crippen MR) is 64.0 cm³/mol. The number of fused-ring (bicyclic) bond motifs is 1. The number of rotatable bonds is 1. The van der Waals surface area contributed by atoms with Gasteiger partial charge in [0.25, 0.3) is 0 Å². The van der Waals surface area contributed by atoms with E-state index in [0.29, 0.717) is 12.8 Å². The van der Waals surface area contributed by atoms with Crippen molar-refractivity contribution < 1.29 is 13.5 Å². The molecule has 2 fully saturated rings. The molecule has 1 heterocycles. The quantitative estimate of drug-likeness (QED) is 0.768. The zero-order chi connectivity index (χ0) is 12.0. The first-order valence-electron chi connectivity index (χ1n) is 6.37. The first-order chi connectivity index (χ1) is 7.42. The summed E-state index contributed by atoms with van der Waals surface area (Å²) in [6, 6.07) is 0. The van der Waals surface area contributed by atoms with Crippen molar-refractivity contribution in [2.24, 2.45) is 5.92 Å². The second-order valence-corrected chi connectivity index (χ2v) is 8.08. The fourth-order valence-electron chi connectivity index (χ4n) is 3.58. The first-order valence-corrected chi connectivity index (χ1v) is 7.98. The molecule has 4 heteroatoms. The Balaban J connectivity index is 2.38. The van der Waals surface area contributed by atoms with Crippen molar-refractivity contribution in [1.29, 1.82) is 0 Å². The average molecular weight is 246 g/mol. The largest absolute Gasteiger partial charge is 0.390 e. The zero-order valence-corrected chi connectivity index (χ0v) is 11.0. The van der Waals surface area contributed by atoms with Gasteiger partial charge >= 0.3 is 0 Å². The van der Waals surface area contributed by atoms with E-state index in [1.165, 1.54) is 0 Å². The van der Waals surface area contributed by atoms with Crippen molar-refractivity contribution in [3.8, 4) is 0 Å². The van der Waals surface area contributed by atoms with Gasteiger partial charge in [0.05, 0.1) is 16.1 Å². The minimum atomic E-state index is -3.00. The Morgan fingerprint density at radius 3 is 2.56 bits per heavy atom. The molecule has 0 aromatic carbocycles. The van der Waals surface area contributed by atoms with Crippen LogP contribution in [0.4, 0.5) is 0 Å². The number of aliphatic hydroxyl groups is 1. The van der Waals surface area contributed by atoms with Gasteiger partial charge in [-0.2, -0.15) is 0 Å². The topological polar surface area (TPSA) is 54.4 Å². The van der Waals surface area contributed by atoms with Gasteiger partial charge < -0.3 is 5.11 Å². The number of hydrogen-bond donors (Lipinski definition) is 1. The third-order valence-corrected chi connectivity index (χ3v) is 7.33. The van der Waals surface area contributed by atoms with E-state index >= 15 is 0 Å². The summed E-state index contributed by atoms with van der Waals surface area (Å²) >= 11 is 0. The summed E-state index contributed by atoms with van der Waals surface area (Å²) in [7, 11) is -3.00. The highest BCUT2D eigenvalue weighted by Gasteiger charge is 2.53. The van der Waals surface area contributed by atoms with Crippen LogP contribution < -0.4 is 0 Å². The molecule has 4 atom stereocenters. The molecule has 1 aliphatic carbocycles. The Bertz CT molecular complexity index is 362. The standard InChI is InChI=1S/C12H22O3S/c1-3-12(13)8-9(2)16(14,15)11-7-5-4-6-10(11)12/h9-11,13H,3-8H2,1-2H3/t9-,10-,11-,12+/m0/s1. The van der Waals surface area contributed by atoms with Crippen LogP contribution in [0.25, 0.3) is 0 Å². The van der Waals surface area contributed by atoms with Gasteiger partial charge in [-0.25, -0.2) is 8.42 Å². The molecule has 16 heavy (non-hydrogen) atoms. The van der Waals surface area contributed by atoms with Crippen LogP contribution in [0.5, 0.6) is 0 Å². The third-order valence-electron chi connectivity index (χ3n) is 4.63. The normalized spacial score (nSPS) is 47.3. The lowest BCUT2D eigenvalue weighted by Crippen LogP contribution is -2.56. The molecule has 0 unspecified atom stereocenters. The van der Waals surface area contributed by atoms with E-state index in [1.54, 1.807) is 6.92 Å². The molecular weight excluding hydrogens is 224 g/mol. The minimum absolute atomic E-state index is 0.0209. The molecule has 1 saturated carbocycles. The summed E-state index contributed by atoms with van der Waals surface area (Å²) in [5, 5.41) is 9.95. The molecule has 0 radical (unpaired) electrons. The van der Waals surface area contributed by atoms with Crippen LogP contribution in [0.15, 0.2) is 0 Å². The van der Waals surface area contributed by atoms with E-state index in [9.17, 15) is 13.5 Å². The summed E-state index contributed by atoms with van der Waals surface area (Å²) in [5.41, 5.74) is -0.740. The van der Waals surface area contributed by atoms with Gasteiger partial charge in [-0.3, -0.25) is 0 Å². The second-order valence-electron chi connectivity index (χ2n) is 5.49. The molecule has 1 aliphatic heterocycles. The summed E-state index contributed by atoms with van der Waals surface area (Å²) < 4.78 is 24.5. The molecule has 1 saturated heterocycles. The summed E-state index contributed by atoms with van der Waals surface area (Å²) in [5.74, 6) is -0.0209. The van der Waals surface area contributed by atoms with E-state index in [0.717, 1.165) is 25.7 Å². The molecule has 1 N–H and O–H groups in total. The summed E-state index contributed by atoms with van der Waals surface area (Å²) in [4.78, 5) is 0. The van der Waals surface area contributed by atoms with Gasteiger partial charge in [0.2, 0.25) is 0 Å². The lowest BCUT2D eigenvalue weighted by atomic mass is 9.72. The van der Waals surface area contributed by atoms with Crippen molar-refractivity contribution in [1.82, 2.24) is 0 Å². The molecular formula is C12H22O3S. The van der Waals surface area contributed by atoms with Crippen molar-refractivity contribution in [2.75, 3.05) is 0 Å². The molecule has 3 nitrogen and oxygen atoms in total. The molecule has 0 aromatic rings. The molecule has 94 valence electrons. The van der Waals surface area contributed by atoms with Gasteiger partial charge in [0.1, 0.15) is 0 Å². The van der Waals surface area contributed by atoms with E-state index in [4.69, 9.17) is 0 Å². The summed E-state index contributed by atoms with van der Waals surface area (Å²) in [6.45, 7) is 3.72. The van der Waals surface area contributed by atoms with Crippen LogP contribution >= 0.6 is 0 Å². The molecule has 0 bridgehead atoms. The Hall–Kier alpha value is -0.0900. The molecule has 0 aromatic heterocycles. The first kappa shape index (κ1) is 12.4. The van der Waals surface area contributed by atoms with Crippen molar-refractivity contribution >= 4 is 9.84 Å². The number of sulfone groups is 1. The van der Waals surface area contributed by atoms with Gasteiger partial charge in [-0.1, -0.05) is 19.8 Å². The highest BCUT2D eigenvalue weighted by atomic mass is 32.2. The minimum Gasteiger partial charge on any atom is -0.390 e. The van der Waals surface area contributed by atoms with E-state index in [1.807, 2.05) is 6.92 Å². The fraction of sp³-hybridized carbons (Fsp3) is 1.00. The number of hydrogen-bond acceptors (Lipinski definition) is 3. The second kappa shape index (κ2) is 3.98. The SMILES string of the molecule is CC[C@@]1(O)C[C@H](C)S(=O)(=O)[C@H]2CCCC[C@@H]21. The molecule has 0 amide bonds. The van der Waals surface area contributed by atoms with Crippen molar-refractivity contribution in [2.45, 2.75) is 68.5 Å². The van der Waals surface area contributed by atoms with E-state index in [-0.39, 0.29) is 16.4 Å². The van der Waals surface area contributed by atoms with Crippen molar-refractivity contribution in [3.63, 3.8) is 0 Å². The van der Waals surface area contributed by atoms with Crippen molar-refractivity contribution in [3.05, 3.63) is 0 Å². The maximum absolute atomic E-state index is 12.2. The van der Waals surface area contributed by atoms with Gasteiger partial charge in [-0.05, 0) is 32.6 Å². The smallest absolute Gasteiger partial charge is 0.156 e.